The van der Waals surface area contributed by atoms with E-state index in [1.165, 1.54) is 4.90 Å². The zero-order chi connectivity index (χ0) is 17.1. The third-order valence-corrected chi connectivity index (χ3v) is 3.55. The second-order valence-corrected chi connectivity index (χ2v) is 5.55. The summed E-state index contributed by atoms with van der Waals surface area (Å²) in [6.07, 6.45) is 0. The fraction of sp³-hybridized carbons (Fsp3) is 0.143. The van der Waals surface area contributed by atoms with Crippen LogP contribution in [0.3, 0.4) is 0 Å². The van der Waals surface area contributed by atoms with Crippen LogP contribution in [0.4, 0.5) is 22.1 Å². The average Bonchev–Trinajstić information content (AvgIpc) is 2.51. The lowest BCUT2D eigenvalue weighted by molar-refractivity contribution is 0.230. The Morgan fingerprint density at radius 1 is 1.13 bits per heavy atom. The van der Waals surface area contributed by atoms with Gasteiger partial charge in [0.25, 0.3) is 0 Å². The molecule has 0 atom stereocenters. The highest BCUT2D eigenvalue weighted by molar-refractivity contribution is 6.39. The molecule has 2 rings (SSSR count). The normalized spacial score (nSPS) is 10.3. The number of hydrogen-bond acceptors (Lipinski definition) is 5. The number of urea groups is 1. The van der Waals surface area contributed by atoms with E-state index in [9.17, 15) is 4.79 Å². The number of rotatable bonds is 3. The van der Waals surface area contributed by atoms with E-state index in [2.05, 4.69) is 10.3 Å². The molecule has 0 spiro atoms. The van der Waals surface area contributed by atoms with Crippen molar-refractivity contribution in [2.75, 3.05) is 30.9 Å². The summed E-state index contributed by atoms with van der Waals surface area (Å²) in [5.74, 6) is 0.627. The third-order valence-electron chi connectivity index (χ3n) is 2.82. The fourth-order valence-corrected chi connectivity index (χ4v) is 2.00. The van der Waals surface area contributed by atoms with Crippen molar-refractivity contribution < 1.29 is 9.53 Å². The van der Waals surface area contributed by atoms with Crippen molar-refractivity contribution in [2.24, 2.45) is 0 Å². The van der Waals surface area contributed by atoms with E-state index in [0.29, 0.717) is 11.4 Å². The lowest BCUT2D eigenvalue weighted by Crippen LogP contribution is -2.27. The number of nitrogens with two attached hydrogens (primary N) is 2. The SMILES string of the molecule is CN(C)C(=O)Nc1ccc(Oc2c(Cl)c(N)nc(N)c2Cl)cc1. The van der Waals surface area contributed by atoms with Crippen LogP contribution >= 0.6 is 23.2 Å². The van der Waals surface area contributed by atoms with Crippen molar-refractivity contribution in [1.29, 1.82) is 0 Å². The number of halogens is 2. The maximum Gasteiger partial charge on any atom is 0.321 e. The van der Waals surface area contributed by atoms with E-state index in [1.807, 2.05) is 0 Å². The highest BCUT2D eigenvalue weighted by Gasteiger charge is 2.16. The van der Waals surface area contributed by atoms with E-state index in [1.54, 1.807) is 38.4 Å². The van der Waals surface area contributed by atoms with Gasteiger partial charge in [-0.3, -0.25) is 0 Å². The average molecular weight is 356 g/mol. The minimum atomic E-state index is -0.237. The molecular weight excluding hydrogens is 341 g/mol. The summed E-state index contributed by atoms with van der Waals surface area (Å²) < 4.78 is 5.62. The lowest BCUT2D eigenvalue weighted by Gasteiger charge is -2.14. The highest BCUT2D eigenvalue weighted by atomic mass is 35.5. The molecule has 122 valence electrons. The van der Waals surface area contributed by atoms with Gasteiger partial charge in [-0.15, -0.1) is 0 Å². The Labute approximate surface area is 143 Å². The molecule has 0 saturated heterocycles. The van der Waals surface area contributed by atoms with Gasteiger partial charge >= 0.3 is 6.03 Å². The molecule has 0 unspecified atom stereocenters. The summed E-state index contributed by atoms with van der Waals surface area (Å²) in [7, 11) is 3.30. The number of pyridine rings is 1. The molecule has 0 fully saturated rings. The number of benzene rings is 1. The summed E-state index contributed by atoms with van der Waals surface area (Å²) in [5, 5.41) is 2.86. The largest absolute Gasteiger partial charge is 0.454 e. The number of ether oxygens (including phenoxy) is 1. The molecule has 2 amide bonds. The Hall–Kier alpha value is -2.38. The molecular formula is C14H15Cl2N5O2. The molecule has 0 saturated carbocycles. The molecule has 0 aliphatic rings. The van der Waals surface area contributed by atoms with Gasteiger partial charge in [0.05, 0.1) is 0 Å². The molecule has 0 aliphatic heterocycles. The zero-order valence-electron chi connectivity index (χ0n) is 12.4. The highest BCUT2D eigenvalue weighted by Crippen LogP contribution is 2.41. The Morgan fingerprint density at radius 2 is 1.65 bits per heavy atom. The van der Waals surface area contributed by atoms with Crippen LogP contribution in [0.15, 0.2) is 24.3 Å². The van der Waals surface area contributed by atoms with E-state index < -0.39 is 0 Å². The van der Waals surface area contributed by atoms with Crippen LogP contribution in [0.5, 0.6) is 11.5 Å². The van der Waals surface area contributed by atoms with Crippen molar-refractivity contribution in [3.05, 3.63) is 34.3 Å². The second kappa shape index (κ2) is 6.80. The number of carbonyl (C=O) groups is 1. The number of carbonyl (C=O) groups excluding carboxylic acids is 1. The van der Waals surface area contributed by atoms with Crippen molar-refractivity contribution >= 4 is 46.6 Å². The minimum Gasteiger partial charge on any atom is -0.454 e. The van der Waals surface area contributed by atoms with Gasteiger partial charge in [-0.1, -0.05) is 23.2 Å². The third kappa shape index (κ3) is 3.88. The van der Waals surface area contributed by atoms with Gasteiger partial charge in [-0.05, 0) is 24.3 Å². The summed E-state index contributed by atoms with van der Waals surface area (Å²) in [6.45, 7) is 0. The molecule has 23 heavy (non-hydrogen) atoms. The van der Waals surface area contributed by atoms with E-state index in [4.69, 9.17) is 39.4 Å². The number of nitrogens with zero attached hydrogens (tertiary/aromatic N) is 2. The molecule has 1 aromatic heterocycles. The van der Waals surface area contributed by atoms with Crippen LogP contribution in [0, 0.1) is 0 Å². The molecule has 9 heteroatoms. The molecule has 2 aromatic rings. The molecule has 5 N–H and O–H groups in total. The number of nitrogen functional groups attached to an aromatic ring is 2. The first kappa shape index (κ1) is 17.0. The fourth-order valence-electron chi connectivity index (χ4n) is 1.61. The molecule has 1 heterocycles. The van der Waals surface area contributed by atoms with Crippen LogP contribution in [0.2, 0.25) is 10.0 Å². The van der Waals surface area contributed by atoms with Crippen molar-refractivity contribution in [2.45, 2.75) is 0 Å². The van der Waals surface area contributed by atoms with Gasteiger partial charge in [0.2, 0.25) is 0 Å². The maximum atomic E-state index is 11.6. The van der Waals surface area contributed by atoms with Gasteiger partial charge < -0.3 is 26.4 Å². The maximum absolute atomic E-state index is 11.6. The number of aromatic nitrogens is 1. The predicted octanol–water partition coefficient (Wildman–Crippen LogP) is 3.44. The van der Waals surface area contributed by atoms with Gasteiger partial charge in [0.15, 0.2) is 5.75 Å². The Morgan fingerprint density at radius 3 is 2.13 bits per heavy atom. The standard InChI is InChI=1S/C14H15Cl2N5O2/c1-21(2)14(22)19-7-3-5-8(6-4-7)23-11-9(15)12(17)20-13(18)10(11)16/h3-6H,1-2H3,(H,19,22)(H4,17,18,20). The number of nitrogens with one attached hydrogen (secondary N) is 1. The molecule has 0 aliphatic carbocycles. The number of amides is 2. The predicted molar refractivity (Wildman–Crippen MR) is 92.3 cm³/mol. The molecule has 0 radical (unpaired) electrons. The first-order chi connectivity index (χ1) is 10.8. The summed E-state index contributed by atoms with van der Waals surface area (Å²) in [6, 6.07) is 6.40. The lowest BCUT2D eigenvalue weighted by atomic mass is 10.3. The van der Waals surface area contributed by atoms with Crippen LogP contribution < -0.4 is 21.5 Å². The smallest absolute Gasteiger partial charge is 0.321 e. The number of anilines is 3. The first-order valence-electron chi connectivity index (χ1n) is 6.45. The van der Waals surface area contributed by atoms with Crippen LogP contribution in [-0.4, -0.2) is 30.0 Å². The van der Waals surface area contributed by atoms with Gasteiger partial charge in [-0.25, -0.2) is 9.78 Å². The van der Waals surface area contributed by atoms with E-state index >= 15 is 0 Å². The quantitative estimate of drug-likeness (QED) is 0.781. The van der Waals surface area contributed by atoms with Crippen molar-refractivity contribution in [1.82, 2.24) is 9.88 Å². The monoisotopic (exact) mass is 355 g/mol. The molecule has 7 nitrogen and oxygen atoms in total. The molecule has 0 bridgehead atoms. The topological polar surface area (TPSA) is 106 Å². The van der Waals surface area contributed by atoms with Gasteiger partial charge in [0, 0.05) is 19.8 Å². The van der Waals surface area contributed by atoms with Crippen molar-refractivity contribution in [3.63, 3.8) is 0 Å². The first-order valence-corrected chi connectivity index (χ1v) is 7.21. The summed E-state index contributed by atoms with van der Waals surface area (Å²) in [4.78, 5) is 16.8. The van der Waals surface area contributed by atoms with E-state index in [-0.39, 0.29) is 33.5 Å². The van der Waals surface area contributed by atoms with Crippen LogP contribution in [0.1, 0.15) is 0 Å². The molecule has 1 aromatic carbocycles. The minimum absolute atomic E-state index is 0.0263. The van der Waals surface area contributed by atoms with Crippen LogP contribution in [-0.2, 0) is 0 Å². The Bertz CT molecular complexity index is 709. The second-order valence-electron chi connectivity index (χ2n) is 4.79. The zero-order valence-corrected chi connectivity index (χ0v) is 13.9. The number of hydrogen-bond donors (Lipinski definition) is 3. The van der Waals surface area contributed by atoms with Crippen LogP contribution in [0.25, 0.3) is 0 Å². The van der Waals surface area contributed by atoms with E-state index in [0.717, 1.165) is 0 Å². The Kier molecular flexibility index (Phi) is 5.02. The Balaban J connectivity index is 2.21. The summed E-state index contributed by atoms with van der Waals surface area (Å²) >= 11 is 12.1. The van der Waals surface area contributed by atoms with Gasteiger partial charge in [-0.2, -0.15) is 0 Å². The summed E-state index contributed by atoms with van der Waals surface area (Å²) in [5.41, 5.74) is 11.9. The van der Waals surface area contributed by atoms with Crippen molar-refractivity contribution in [3.8, 4) is 11.5 Å². The van der Waals surface area contributed by atoms with Gasteiger partial charge in [0.1, 0.15) is 27.4 Å².